The molecule has 0 bridgehead atoms. The highest BCUT2D eigenvalue weighted by atomic mass is 35.5. The standard InChI is InChI=1S/C19H20ClFN2S/c1-13-6-2-3-7-15(13)19(10-4-5-11-19)23-18(24)22-14-8-9-17(21)16(20)12-14/h2-3,6-9,12H,4-5,10-11H2,1H3,(H2,22,23,24). The fraction of sp³-hybridized carbons (Fsp3) is 0.316. The van der Waals surface area contributed by atoms with Gasteiger partial charge in [0.1, 0.15) is 5.82 Å². The molecule has 1 aliphatic rings. The zero-order valence-electron chi connectivity index (χ0n) is 13.5. The van der Waals surface area contributed by atoms with Crippen LogP contribution in [0.25, 0.3) is 0 Å². The van der Waals surface area contributed by atoms with Crippen molar-refractivity contribution < 1.29 is 4.39 Å². The van der Waals surface area contributed by atoms with Crippen LogP contribution in [0.5, 0.6) is 0 Å². The Morgan fingerprint density at radius 1 is 1.17 bits per heavy atom. The first-order chi connectivity index (χ1) is 11.5. The lowest BCUT2D eigenvalue weighted by Gasteiger charge is -2.33. The molecule has 0 atom stereocenters. The van der Waals surface area contributed by atoms with E-state index in [9.17, 15) is 4.39 Å². The third-order valence-corrected chi connectivity index (χ3v) is 5.14. The smallest absolute Gasteiger partial charge is 0.171 e. The number of halogens is 2. The molecular formula is C19H20ClFN2S. The molecule has 2 nitrogen and oxygen atoms in total. The van der Waals surface area contributed by atoms with Crippen LogP contribution in [0.3, 0.4) is 0 Å². The van der Waals surface area contributed by atoms with Crippen LogP contribution in [0.2, 0.25) is 5.02 Å². The van der Waals surface area contributed by atoms with Crippen LogP contribution in [0.1, 0.15) is 36.8 Å². The van der Waals surface area contributed by atoms with Gasteiger partial charge in [-0.1, -0.05) is 48.7 Å². The van der Waals surface area contributed by atoms with Gasteiger partial charge < -0.3 is 10.6 Å². The fourth-order valence-electron chi connectivity index (χ4n) is 3.50. The van der Waals surface area contributed by atoms with E-state index < -0.39 is 5.82 Å². The van der Waals surface area contributed by atoms with Gasteiger partial charge >= 0.3 is 0 Å². The van der Waals surface area contributed by atoms with Crippen LogP contribution in [0, 0.1) is 12.7 Å². The molecule has 2 N–H and O–H groups in total. The summed E-state index contributed by atoms with van der Waals surface area (Å²) in [5.74, 6) is -0.437. The third kappa shape index (κ3) is 3.55. The molecule has 1 saturated carbocycles. The van der Waals surface area contributed by atoms with Crippen molar-refractivity contribution in [2.24, 2.45) is 0 Å². The van der Waals surface area contributed by atoms with Crippen LogP contribution >= 0.6 is 23.8 Å². The van der Waals surface area contributed by atoms with Gasteiger partial charge in [-0.2, -0.15) is 0 Å². The zero-order chi connectivity index (χ0) is 17.2. The Hall–Kier alpha value is -1.65. The lowest BCUT2D eigenvalue weighted by Crippen LogP contribution is -2.46. The first kappa shape index (κ1) is 17.2. The molecule has 2 aromatic carbocycles. The molecule has 0 saturated heterocycles. The summed E-state index contributed by atoms with van der Waals surface area (Å²) >= 11 is 11.3. The number of hydrogen-bond acceptors (Lipinski definition) is 1. The first-order valence-corrected chi connectivity index (χ1v) is 8.89. The summed E-state index contributed by atoms with van der Waals surface area (Å²) < 4.78 is 13.3. The zero-order valence-corrected chi connectivity index (χ0v) is 15.1. The Balaban J connectivity index is 1.80. The molecule has 1 aliphatic carbocycles. The number of aryl methyl sites for hydroxylation is 1. The highest BCUT2D eigenvalue weighted by molar-refractivity contribution is 7.80. The van der Waals surface area contributed by atoms with Crippen molar-refractivity contribution in [3.63, 3.8) is 0 Å². The molecule has 0 spiro atoms. The quantitative estimate of drug-likeness (QED) is 0.700. The summed E-state index contributed by atoms with van der Waals surface area (Å²) in [6, 6.07) is 12.9. The monoisotopic (exact) mass is 362 g/mol. The largest absolute Gasteiger partial charge is 0.353 e. The molecular weight excluding hydrogens is 343 g/mol. The topological polar surface area (TPSA) is 24.1 Å². The lowest BCUT2D eigenvalue weighted by atomic mass is 9.85. The minimum absolute atomic E-state index is 0.0808. The average molecular weight is 363 g/mol. The maximum absolute atomic E-state index is 13.3. The molecule has 0 radical (unpaired) electrons. The Morgan fingerprint density at radius 3 is 2.54 bits per heavy atom. The molecule has 24 heavy (non-hydrogen) atoms. The van der Waals surface area contributed by atoms with E-state index in [2.05, 4.69) is 41.8 Å². The maximum atomic E-state index is 13.3. The molecule has 0 aromatic heterocycles. The van der Waals surface area contributed by atoms with Crippen LogP contribution in [0.4, 0.5) is 10.1 Å². The highest BCUT2D eigenvalue weighted by Gasteiger charge is 2.37. The van der Waals surface area contributed by atoms with Crippen molar-refractivity contribution in [3.05, 3.63) is 64.4 Å². The van der Waals surface area contributed by atoms with E-state index in [-0.39, 0.29) is 10.6 Å². The summed E-state index contributed by atoms with van der Waals surface area (Å²) in [5.41, 5.74) is 3.10. The van der Waals surface area contributed by atoms with Gasteiger partial charge in [-0.05, 0) is 61.3 Å². The number of hydrogen-bond donors (Lipinski definition) is 2. The Bertz CT molecular complexity index is 757. The van der Waals surface area contributed by atoms with Gasteiger partial charge in [0.25, 0.3) is 0 Å². The maximum Gasteiger partial charge on any atom is 0.171 e. The van der Waals surface area contributed by atoms with Crippen LogP contribution in [-0.2, 0) is 5.54 Å². The van der Waals surface area contributed by atoms with Crippen LogP contribution in [-0.4, -0.2) is 5.11 Å². The molecule has 2 aromatic rings. The summed E-state index contributed by atoms with van der Waals surface area (Å²) in [7, 11) is 0. The van der Waals surface area contributed by atoms with E-state index in [1.54, 1.807) is 12.1 Å². The summed E-state index contributed by atoms with van der Waals surface area (Å²) in [6.45, 7) is 2.13. The summed E-state index contributed by atoms with van der Waals surface area (Å²) in [4.78, 5) is 0. The van der Waals surface area contributed by atoms with E-state index >= 15 is 0 Å². The van der Waals surface area contributed by atoms with Gasteiger partial charge in [-0.25, -0.2) is 4.39 Å². The van der Waals surface area contributed by atoms with Gasteiger partial charge in [0, 0.05) is 5.69 Å². The summed E-state index contributed by atoms with van der Waals surface area (Å²) in [6.07, 6.45) is 4.44. The van der Waals surface area contributed by atoms with E-state index in [1.165, 1.54) is 30.0 Å². The number of benzene rings is 2. The fourth-order valence-corrected chi connectivity index (χ4v) is 4.00. The highest BCUT2D eigenvalue weighted by Crippen LogP contribution is 2.40. The van der Waals surface area contributed by atoms with Crippen LogP contribution in [0.15, 0.2) is 42.5 Å². The predicted octanol–water partition coefficient (Wildman–Crippen LogP) is 5.54. The van der Waals surface area contributed by atoms with Crippen molar-refractivity contribution >= 4 is 34.6 Å². The Labute approximate surface area is 152 Å². The molecule has 3 rings (SSSR count). The van der Waals surface area contributed by atoms with Gasteiger partial charge in [0.2, 0.25) is 0 Å². The van der Waals surface area contributed by atoms with Crippen molar-refractivity contribution in [1.82, 2.24) is 5.32 Å². The molecule has 1 fully saturated rings. The molecule has 0 unspecified atom stereocenters. The second-order valence-corrected chi connectivity index (χ2v) is 7.13. The van der Waals surface area contributed by atoms with Gasteiger partial charge in [0.15, 0.2) is 5.11 Å². The Kier molecular flexibility index (Phi) is 5.07. The average Bonchev–Trinajstić information content (AvgIpc) is 3.00. The number of rotatable bonds is 3. The van der Waals surface area contributed by atoms with Gasteiger partial charge in [-0.15, -0.1) is 0 Å². The van der Waals surface area contributed by atoms with Crippen molar-refractivity contribution in [3.8, 4) is 0 Å². The second kappa shape index (κ2) is 7.08. The SMILES string of the molecule is Cc1ccccc1C1(NC(=S)Nc2ccc(F)c(Cl)c2)CCCC1. The number of thiocarbonyl (C=S) groups is 1. The third-order valence-electron chi connectivity index (χ3n) is 4.65. The molecule has 0 heterocycles. The van der Waals surface area contributed by atoms with E-state index in [0.29, 0.717) is 10.8 Å². The van der Waals surface area contributed by atoms with E-state index in [0.717, 1.165) is 12.8 Å². The molecule has 5 heteroatoms. The second-order valence-electron chi connectivity index (χ2n) is 6.31. The normalized spacial score (nSPS) is 16.0. The minimum Gasteiger partial charge on any atom is -0.353 e. The van der Waals surface area contributed by atoms with Crippen LogP contribution < -0.4 is 10.6 Å². The number of nitrogens with one attached hydrogen (secondary N) is 2. The van der Waals surface area contributed by atoms with Gasteiger partial charge in [0.05, 0.1) is 10.6 Å². The van der Waals surface area contributed by atoms with E-state index in [4.69, 9.17) is 23.8 Å². The first-order valence-electron chi connectivity index (χ1n) is 8.10. The molecule has 0 aliphatic heterocycles. The Morgan fingerprint density at radius 2 is 1.88 bits per heavy atom. The van der Waals surface area contributed by atoms with Crippen molar-refractivity contribution in [1.29, 1.82) is 0 Å². The van der Waals surface area contributed by atoms with Crippen molar-refractivity contribution in [2.45, 2.75) is 38.1 Å². The predicted molar refractivity (Wildman–Crippen MR) is 102 cm³/mol. The summed E-state index contributed by atoms with van der Waals surface area (Å²) in [5, 5.41) is 7.25. The van der Waals surface area contributed by atoms with E-state index in [1.807, 2.05) is 0 Å². The molecule has 0 amide bonds. The lowest BCUT2D eigenvalue weighted by molar-refractivity contribution is 0.406. The van der Waals surface area contributed by atoms with Gasteiger partial charge in [-0.3, -0.25) is 0 Å². The molecule has 126 valence electrons. The minimum atomic E-state index is -0.437. The van der Waals surface area contributed by atoms with Crippen molar-refractivity contribution in [2.75, 3.05) is 5.32 Å². The number of anilines is 1.